The first-order valence-electron chi connectivity index (χ1n) is 11.7. The van der Waals surface area contributed by atoms with Crippen molar-refractivity contribution in [2.45, 2.75) is 38.0 Å². The Kier molecular flexibility index (Phi) is 7.80. The Labute approximate surface area is 199 Å². The third kappa shape index (κ3) is 6.14. The maximum Gasteiger partial charge on any atom is 0.245 e. The highest BCUT2D eigenvalue weighted by Gasteiger charge is 2.36. The molecule has 0 radical (unpaired) electrons. The molecule has 4 rings (SSSR count). The molecular formula is C26H31N3O5. The van der Waals surface area contributed by atoms with Crippen LogP contribution in [-0.4, -0.2) is 73.0 Å². The zero-order chi connectivity index (χ0) is 23.9. The smallest absolute Gasteiger partial charge is 0.245 e. The van der Waals surface area contributed by atoms with Crippen LogP contribution in [-0.2, 0) is 32.1 Å². The highest BCUT2D eigenvalue weighted by Crippen LogP contribution is 2.18. The molecule has 3 amide bonds. The number of hydrogen-bond donors (Lipinski definition) is 1. The molecule has 8 heteroatoms. The van der Waals surface area contributed by atoms with Crippen LogP contribution in [0.3, 0.4) is 0 Å². The number of rotatable bonds is 8. The van der Waals surface area contributed by atoms with Crippen molar-refractivity contribution >= 4 is 17.7 Å². The van der Waals surface area contributed by atoms with Gasteiger partial charge in [0.25, 0.3) is 0 Å². The normalized spacial score (nSPS) is 20.7. The molecular weight excluding hydrogens is 434 g/mol. The number of amides is 3. The minimum atomic E-state index is -0.574. The molecule has 180 valence electrons. The first-order valence-corrected chi connectivity index (χ1v) is 11.7. The molecule has 0 bridgehead atoms. The molecule has 0 spiro atoms. The van der Waals surface area contributed by atoms with Crippen molar-refractivity contribution in [1.82, 2.24) is 15.1 Å². The van der Waals surface area contributed by atoms with E-state index >= 15 is 0 Å². The predicted molar refractivity (Wildman–Crippen MR) is 126 cm³/mol. The van der Waals surface area contributed by atoms with Gasteiger partial charge in [-0.05, 0) is 36.1 Å². The van der Waals surface area contributed by atoms with Crippen LogP contribution in [0.1, 0.15) is 24.0 Å². The molecule has 1 N–H and O–H groups in total. The number of nitrogens with one attached hydrogen (secondary N) is 1. The van der Waals surface area contributed by atoms with E-state index < -0.39 is 6.04 Å². The average Bonchev–Trinajstić information content (AvgIpc) is 3.23. The molecule has 2 aliphatic heterocycles. The van der Waals surface area contributed by atoms with Crippen molar-refractivity contribution in [2.75, 3.05) is 33.3 Å². The molecule has 0 aliphatic carbocycles. The molecule has 2 saturated heterocycles. The Hall–Kier alpha value is -3.39. The molecule has 0 saturated carbocycles. The van der Waals surface area contributed by atoms with Crippen molar-refractivity contribution in [2.24, 2.45) is 0 Å². The van der Waals surface area contributed by atoms with Gasteiger partial charge in [0.2, 0.25) is 17.7 Å². The summed E-state index contributed by atoms with van der Waals surface area (Å²) in [7, 11) is 1.62. The molecule has 0 aromatic heterocycles. The quantitative estimate of drug-likeness (QED) is 0.642. The summed E-state index contributed by atoms with van der Waals surface area (Å²) in [5.74, 6) is 0.283. The molecule has 34 heavy (non-hydrogen) atoms. The van der Waals surface area contributed by atoms with Crippen LogP contribution in [0.4, 0.5) is 0 Å². The second-order valence-corrected chi connectivity index (χ2v) is 8.74. The molecule has 8 nitrogen and oxygen atoms in total. The highest BCUT2D eigenvalue weighted by molar-refractivity contribution is 5.93. The van der Waals surface area contributed by atoms with Crippen LogP contribution >= 0.6 is 0 Å². The molecule has 1 unspecified atom stereocenters. The topological polar surface area (TPSA) is 88.2 Å². The average molecular weight is 466 g/mol. The van der Waals surface area contributed by atoms with Crippen molar-refractivity contribution in [3.63, 3.8) is 0 Å². The summed E-state index contributed by atoms with van der Waals surface area (Å²) < 4.78 is 11.5. The van der Waals surface area contributed by atoms with Crippen molar-refractivity contribution in [3.8, 4) is 5.75 Å². The Morgan fingerprint density at radius 3 is 2.59 bits per heavy atom. The molecule has 2 aromatic carbocycles. The summed E-state index contributed by atoms with van der Waals surface area (Å²) >= 11 is 0. The second kappa shape index (κ2) is 11.2. The fourth-order valence-electron chi connectivity index (χ4n) is 4.37. The van der Waals surface area contributed by atoms with Gasteiger partial charge in [-0.15, -0.1) is 0 Å². The van der Waals surface area contributed by atoms with Crippen LogP contribution in [0, 0.1) is 0 Å². The molecule has 2 fully saturated rings. The number of benzene rings is 2. The summed E-state index contributed by atoms with van der Waals surface area (Å²) in [6.07, 6.45) is 1.16. The molecule has 2 aromatic rings. The van der Waals surface area contributed by atoms with Crippen LogP contribution in [0.2, 0.25) is 0 Å². The van der Waals surface area contributed by atoms with Gasteiger partial charge >= 0.3 is 0 Å². The highest BCUT2D eigenvalue weighted by atomic mass is 16.5. The van der Waals surface area contributed by atoms with E-state index in [2.05, 4.69) is 5.32 Å². The second-order valence-electron chi connectivity index (χ2n) is 8.74. The number of methoxy groups -OCH3 is 1. The van der Waals surface area contributed by atoms with Gasteiger partial charge in [0.1, 0.15) is 11.8 Å². The Morgan fingerprint density at radius 2 is 1.85 bits per heavy atom. The number of carbonyl (C=O) groups is 3. The monoisotopic (exact) mass is 465 g/mol. The lowest BCUT2D eigenvalue weighted by atomic mass is 10.1. The summed E-state index contributed by atoms with van der Waals surface area (Å²) in [6, 6.07) is 17.1. The maximum absolute atomic E-state index is 13.1. The van der Waals surface area contributed by atoms with Gasteiger partial charge in [-0.2, -0.15) is 0 Å². The minimum Gasteiger partial charge on any atom is -0.497 e. The van der Waals surface area contributed by atoms with Crippen LogP contribution in [0.5, 0.6) is 5.75 Å². The summed E-state index contributed by atoms with van der Waals surface area (Å²) in [5, 5.41) is 2.72. The minimum absolute atomic E-state index is 0.0149. The zero-order valence-electron chi connectivity index (χ0n) is 19.4. The maximum atomic E-state index is 13.1. The lowest BCUT2D eigenvalue weighted by Crippen LogP contribution is -2.48. The van der Waals surface area contributed by atoms with Crippen molar-refractivity contribution < 1.29 is 23.9 Å². The fraction of sp³-hybridized carbons (Fsp3) is 0.423. The number of nitrogens with zero attached hydrogens (tertiary/aromatic N) is 2. The van der Waals surface area contributed by atoms with Crippen molar-refractivity contribution in [3.05, 3.63) is 65.7 Å². The van der Waals surface area contributed by atoms with E-state index in [0.29, 0.717) is 39.1 Å². The first kappa shape index (κ1) is 23.8. The molecule has 2 heterocycles. The fourth-order valence-corrected chi connectivity index (χ4v) is 4.37. The number of ether oxygens (including phenoxy) is 2. The summed E-state index contributed by atoms with van der Waals surface area (Å²) in [4.78, 5) is 41.2. The first-order chi connectivity index (χ1) is 16.5. The zero-order valence-corrected chi connectivity index (χ0v) is 19.4. The van der Waals surface area contributed by atoms with E-state index in [-0.39, 0.29) is 30.4 Å². The molecule has 2 aliphatic rings. The van der Waals surface area contributed by atoms with Gasteiger partial charge in [0.05, 0.1) is 26.4 Å². The third-order valence-electron chi connectivity index (χ3n) is 6.27. The van der Waals surface area contributed by atoms with Gasteiger partial charge in [0, 0.05) is 26.1 Å². The van der Waals surface area contributed by atoms with Crippen LogP contribution in [0.15, 0.2) is 54.6 Å². The summed E-state index contributed by atoms with van der Waals surface area (Å²) in [6.45, 7) is 1.56. The van der Waals surface area contributed by atoms with Crippen molar-refractivity contribution in [1.29, 1.82) is 0 Å². The van der Waals surface area contributed by atoms with E-state index in [1.807, 2.05) is 54.6 Å². The van der Waals surface area contributed by atoms with E-state index in [4.69, 9.17) is 9.47 Å². The SMILES string of the molecule is COc1cccc(COC2CN(CCc3ccccc3)C(=O)CN(C(=O)[C@@H]3CCC(=O)N3)C2)c1. The van der Waals surface area contributed by atoms with Gasteiger partial charge in [0.15, 0.2) is 0 Å². The van der Waals surface area contributed by atoms with Crippen LogP contribution < -0.4 is 10.1 Å². The number of hydrogen-bond acceptors (Lipinski definition) is 5. The predicted octanol–water partition coefficient (Wildman–Crippen LogP) is 1.77. The van der Waals surface area contributed by atoms with Gasteiger partial charge < -0.3 is 24.6 Å². The van der Waals surface area contributed by atoms with E-state index in [0.717, 1.165) is 23.3 Å². The lowest BCUT2D eigenvalue weighted by molar-refractivity contribution is -0.140. The van der Waals surface area contributed by atoms with Gasteiger partial charge in [-0.25, -0.2) is 0 Å². The molecule has 2 atom stereocenters. The Balaban J connectivity index is 1.46. The third-order valence-corrected chi connectivity index (χ3v) is 6.27. The van der Waals surface area contributed by atoms with Gasteiger partial charge in [-0.1, -0.05) is 42.5 Å². The largest absolute Gasteiger partial charge is 0.497 e. The summed E-state index contributed by atoms with van der Waals surface area (Å²) in [5.41, 5.74) is 2.10. The lowest BCUT2D eigenvalue weighted by Gasteiger charge is -2.26. The Bertz CT molecular complexity index is 1010. The van der Waals surface area contributed by atoms with E-state index in [1.165, 1.54) is 4.90 Å². The van der Waals surface area contributed by atoms with Crippen LogP contribution in [0.25, 0.3) is 0 Å². The van der Waals surface area contributed by atoms with Gasteiger partial charge in [-0.3, -0.25) is 14.4 Å². The van der Waals surface area contributed by atoms with E-state index in [1.54, 1.807) is 12.0 Å². The standard InChI is InChI=1S/C26H31N3O5/c1-33-21-9-5-8-20(14-21)18-34-22-15-28(13-12-19-6-3-2-4-7-19)25(31)17-29(16-22)26(32)23-10-11-24(30)27-23/h2-9,14,22-23H,10-13,15-18H2,1H3,(H,27,30)/t22?,23-/m0/s1. The van der Waals surface area contributed by atoms with E-state index in [9.17, 15) is 14.4 Å². The number of carbonyl (C=O) groups excluding carboxylic acids is 3. The Morgan fingerprint density at radius 1 is 1.06 bits per heavy atom.